The number of primary sulfonamides is 1. The highest BCUT2D eigenvalue weighted by atomic mass is 32.2. The molecular weight excluding hydrogens is 268 g/mol. The molecule has 1 amide bonds. The highest BCUT2D eigenvalue weighted by molar-refractivity contribution is 7.89. The third-order valence-electron chi connectivity index (χ3n) is 4.05. The highest BCUT2D eigenvalue weighted by Gasteiger charge is 2.45. The lowest BCUT2D eigenvalue weighted by atomic mass is 9.99. The zero-order valence-electron chi connectivity index (χ0n) is 11.2. The monoisotopic (exact) mass is 286 g/mol. The van der Waals surface area contributed by atoms with Gasteiger partial charge in [-0.25, -0.2) is 13.6 Å². The summed E-state index contributed by atoms with van der Waals surface area (Å²) in [6.45, 7) is 4.12. The molecule has 0 saturated heterocycles. The Bertz CT molecular complexity index is 601. The Hall–Kier alpha value is -1.34. The van der Waals surface area contributed by atoms with Crippen LogP contribution in [0.15, 0.2) is 21.8 Å². The normalized spacial score (nSPS) is 18.9. The molecule has 19 heavy (non-hydrogen) atoms. The van der Waals surface area contributed by atoms with Crippen molar-refractivity contribution in [1.82, 2.24) is 4.90 Å². The van der Waals surface area contributed by atoms with Gasteiger partial charge in [0.25, 0.3) is 15.9 Å². The molecule has 0 aliphatic heterocycles. The van der Waals surface area contributed by atoms with Crippen LogP contribution in [0.3, 0.4) is 0 Å². The zero-order chi connectivity index (χ0) is 14.4. The molecule has 2 N–H and O–H groups in total. The van der Waals surface area contributed by atoms with Crippen LogP contribution in [0.5, 0.6) is 0 Å². The van der Waals surface area contributed by atoms with E-state index in [0.717, 1.165) is 25.2 Å². The first-order valence-electron chi connectivity index (χ1n) is 6.04. The van der Waals surface area contributed by atoms with Crippen LogP contribution in [-0.2, 0) is 10.0 Å². The fraction of sp³-hybridized carbons (Fsp3) is 0.583. The van der Waals surface area contributed by atoms with Gasteiger partial charge in [-0.3, -0.25) is 4.79 Å². The van der Waals surface area contributed by atoms with Crippen LogP contribution in [0.25, 0.3) is 0 Å². The van der Waals surface area contributed by atoms with Gasteiger partial charge in [0.05, 0.1) is 5.56 Å². The highest BCUT2D eigenvalue weighted by Crippen LogP contribution is 2.49. The standard InChI is InChI=1S/C12H18N2O4S/c1-8(12(2)4-5-12)14(3)11(15)9-6-10(18-7-9)19(13,16)17/h6-8H,4-5H2,1-3H3,(H2,13,16,17). The topological polar surface area (TPSA) is 93.6 Å². The molecule has 0 aromatic carbocycles. The summed E-state index contributed by atoms with van der Waals surface area (Å²) in [4.78, 5) is 13.8. The molecule has 1 saturated carbocycles. The largest absolute Gasteiger partial charge is 0.451 e. The van der Waals surface area contributed by atoms with Crippen LogP contribution in [0.2, 0.25) is 0 Å². The predicted molar refractivity (Wildman–Crippen MR) is 69.0 cm³/mol. The third kappa shape index (κ3) is 2.66. The fourth-order valence-corrected chi connectivity index (χ4v) is 2.51. The van der Waals surface area contributed by atoms with Crippen LogP contribution in [0.4, 0.5) is 0 Å². The number of nitrogens with zero attached hydrogens (tertiary/aromatic N) is 1. The number of rotatable bonds is 4. The summed E-state index contributed by atoms with van der Waals surface area (Å²) in [6.07, 6.45) is 3.32. The van der Waals surface area contributed by atoms with E-state index < -0.39 is 15.1 Å². The Morgan fingerprint density at radius 1 is 1.53 bits per heavy atom. The molecule has 1 aromatic heterocycles. The van der Waals surface area contributed by atoms with Crippen molar-refractivity contribution < 1.29 is 17.6 Å². The summed E-state index contributed by atoms with van der Waals surface area (Å²) in [5.74, 6) is -0.265. The van der Waals surface area contributed by atoms with Gasteiger partial charge in [0.15, 0.2) is 0 Å². The maximum absolute atomic E-state index is 12.2. The van der Waals surface area contributed by atoms with Gasteiger partial charge >= 0.3 is 0 Å². The van der Waals surface area contributed by atoms with Gasteiger partial charge in [0.1, 0.15) is 6.26 Å². The number of carbonyl (C=O) groups excluding carboxylic acids is 1. The number of furan rings is 1. The SMILES string of the molecule is CC(N(C)C(=O)c1coc(S(N)(=O)=O)c1)C1(C)CC1. The van der Waals surface area contributed by atoms with E-state index in [4.69, 9.17) is 9.56 Å². The quantitative estimate of drug-likeness (QED) is 0.899. The molecule has 1 heterocycles. The van der Waals surface area contributed by atoms with Gasteiger partial charge in [-0.2, -0.15) is 0 Å². The van der Waals surface area contributed by atoms with E-state index in [2.05, 4.69) is 6.92 Å². The summed E-state index contributed by atoms with van der Waals surface area (Å²) >= 11 is 0. The lowest BCUT2D eigenvalue weighted by Gasteiger charge is -2.29. The summed E-state index contributed by atoms with van der Waals surface area (Å²) < 4.78 is 27.0. The van der Waals surface area contributed by atoms with Crippen molar-refractivity contribution in [3.63, 3.8) is 0 Å². The summed E-state index contributed by atoms with van der Waals surface area (Å²) in [6, 6.07) is 1.25. The fourth-order valence-electron chi connectivity index (χ4n) is 2.04. The van der Waals surface area contributed by atoms with Crippen molar-refractivity contribution in [3.05, 3.63) is 17.9 Å². The first kappa shape index (κ1) is 14.1. The van der Waals surface area contributed by atoms with Crippen LogP contribution in [-0.4, -0.2) is 32.3 Å². The van der Waals surface area contributed by atoms with Gasteiger partial charge in [-0.15, -0.1) is 0 Å². The van der Waals surface area contributed by atoms with E-state index in [1.165, 1.54) is 0 Å². The van der Waals surface area contributed by atoms with Crippen molar-refractivity contribution in [2.45, 2.75) is 37.8 Å². The van der Waals surface area contributed by atoms with Gasteiger partial charge in [-0.1, -0.05) is 6.92 Å². The lowest BCUT2D eigenvalue weighted by Crippen LogP contribution is -2.39. The molecule has 2 rings (SSSR count). The van der Waals surface area contributed by atoms with Crippen LogP contribution in [0.1, 0.15) is 37.0 Å². The molecule has 0 radical (unpaired) electrons. The minimum Gasteiger partial charge on any atom is -0.451 e. The molecular formula is C12H18N2O4S. The van der Waals surface area contributed by atoms with Crippen molar-refractivity contribution in [3.8, 4) is 0 Å². The van der Waals surface area contributed by atoms with Gasteiger partial charge in [-0.05, 0) is 25.2 Å². The second kappa shape index (κ2) is 4.35. The number of hydrogen-bond acceptors (Lipinski definition) is 4. The first-order valence-corrected chi connectivity index (χ1v) is 7.58. The average Bonchev–Trinajstić information content (AvgIpc) is 2.89. The molecule has 106 valence electrons. The van der Waals surface area contributed by atoms with Crippen molar-refractivity contribution >= 4 is 15.9 Å². The Kier molecular flexibility index (Phi) is 3.22. The summed E-state index contributed by atoms with van der Waals surface area (Å²) in [7, 11) is -2.21. The third-order valence-corrected chi connectivity index (χ3v) is 4.83. The lowest BCUT2D eigenvalue weighted by molar-refractivity contribution is 0.0684. The van der Waals surface area contributed by atoms with Crippen LogP contribution in [0, 0.1) is 5.41 Å². The Morgan fingerprint density at radius 2 is 2.11 bits per heavy atom. The molecule has 1 aliphatic carbocycles. The molecule has 1 aliphatic rings. The Balaban J connectivity index is 2.18. The molecule has 1 unspecified atom stereocenters. The van der Waals surface area contributed by atoms with Gasteiger partial charge < -0.3 is 9.32 Å². The Morgan fingerprint density at radius 3 is 2.53 bits per heavy atom. The maximum Gasteiger partial charge on any atom is 0.271 e. The number of amides is 1. The molecule has 7 heteroatoms. The van der Waals surface area contributed by atoms with E-state index in [0.29, 0.717) is 0 Å². The van der Waals surface area contributed by atoms with Crippen LogP contribution >= 0.6 is 0 Å². The van der Waals surface area contributed by atoms with Crippen LogP contribution < -0.4 is 5.14 Å². The first-order chi connectivity index (χ1) is 8.65. The predicted octanol–water partition coefficient (Wildman–Crippen LogP) is 1.19. The second-order valence-electron chi connectivity index (χ2n) is 5.45. The smallest absolute Gasteiger partial charge is 0.271 e. The average molecular weight is 286 g/mol. The summed E-state index contributed by atoms with van der Waals surface area (Å²) in [5, 5.41) is 4.55. The molecule has 1 atom stereocenters. The van der Waals surface area contributed by atoms with E-state index in [1.54, 1.807) is 11.9 Å². The zero-order valence-corrected chi connectivity index (χ0v) is 12.0. The van der Waals surface area contributed by atoms with Crippen molar-refractivity contribution in [2.75, 3.05) is 7.05 Å². The molecule has 6 nitrogen and oxygen atoms in total. The number of nitrogens with two attached hydrogens (primary N) is 1. The van der Waals surface area contributed by atoms with E-state index >= 15 is 0 Å². The summed E-state index contributed by atoms with van der Waals surface area (Å²) in [5.41, 5.74) is 0.360. The number of hydrogen-bond donors (Lipinski definition) is 1. The van der Waals surface area contributed by atoms with Crippen molar-refractivity contribution in [1.29, 1.82) is 0 Å². The number of sulfonamides is 1. The molecule has 1 fully saturated rings. The van der Waals surface area contributed by atoms with Crippen molar-refractivity contribution in [2.24, 2.45) is 10.6 Å². The molecule has 1 aromatic rings. The minimum atomic E-state index is -3.91. The van der Waals surface area contributed by atoms with E-state index in [9.17, 15) is 13.2 Å². The van der Waals surface area contributed by atoms with Gasteiger partial charge in [0.2, 0.25) is 5.09 Å². The van der Waals surface area contributed by atoms with Gasteiger partial charge in [0, 0.05) is 19.2 Å². The van der Waals surface area contributed by atoms with E-state index in [-0.39, 0.29) is 22.9 Å². The molecule has 0 spiro atoms. The molecule has 0 bridgehead atoms. The Labute approximate surface area is 112 Å². The minimum absolute atomic E-state index is 0.0906. The maximum atomic E-state index is 12.2. The second-order valence-corrected chi connectivity index (χ2v) is 6.94. The number of carbonyl (C=O) groups is 1. The van der Waals surface area contributed by atoms with E-state index in [1.807, 2.05) is 6.92 Å².